The quantitative estimate of drug-likeness (QED) is 0.611. The van der Waals surface area contributed by atoms with Crippen LogP contribution in [-0.2, 0) is 9.53 Å². The third kappa shape index (κ3) is 5.85. The maximum absolute atomic E-state index is 10.5. The Morgan fingerprint density at radius 1 is 1.41 bits per heavy atom. The van der Waals surface area contributed by atoms with Crippen LogP contribution in [0.15, 0.2) is 0 Å². The molecule has 1 fully saturated rings. The smallest absolute Gasteiger partial charge is 0.430 e. The molecule has 1 aliphatic rings. The molecule has 1 aliphatic heterocycles. The molecule has 0 aromatic rings. The number of aliphatic carboxylic acids is 1. The van der Waals surface area contributed by atoms with Crippen LogP contribution >= 0.6 is 0 Å². The van der Waals surface area contributed by atoms with E-state index in [1.54, 1.807) is 7.11 Å². The first-order valence-electron chi connectivity index (χ1n) is 4.99. The Kier molecular flexibility index (Phi) is 6.43. The lowest BCUT2D eigenvalue weighted by Crippen LogP contribution is -2.82. The topological polar surface area (TPSA) is 69.2 Å². The highest BCUT2D eigenvalue weighted by Gasteiger charge is 2.31. The minimum atomic E-state index is -5.19. The maximum atomic E-state index is 10.5. The van der Waals surface area contributed by atoms with E-state index < -0.39 is 12.1 Å². The summed E-state index contributed by atoms with van der Waals surface area (Å²) >= 11 is 0. The summed E-state index contributed by atoms with van der Waals surface area (Å²) in [6.07, 6.45) is -4.77. The molecule has 0 aromatic heterocycles. The minimum absolute atomic E-state index is 0.426. The van der Waals surface area contributed by atoms with Gasteiger partial charge in [-0.15, -0.1) is 0 Å². The zero-order chi connectivity index (χ0) is 13.6. The Morgan fingerprint density at radius 2 is 1.88 bits per heavy atom. The van der Waals surface area contributed by atoms with E-state index in [2.05, 4.69) is 24.3 Å². The molecule has 2 atom stereocenters. The molecule has 0 spiro atoms. The largest absolute Gasteiger partial charge is 0.542 e. The fourth-order valence-corrected chi connectivity index (χ4v) is 1.54. The average Bonchev–Trinajstić information content (AvgIpc) is 2.64. The summed E-state index contributed by atoms with van der Waals surface area (Å²) in [6.45, 7) is 2.28. The molecule has 5 nitrogen and oxygen atoms in total. The second-order valence-electron chi connectivity index (χ2n) is 3.85. The number of nitrogens with two attached hydrogens (primary N) is 1. The number of methoxy groups -OCH3 is 1. The standard InChI is InChI=1S/C7H16N2O.C2HF3O2/c1-9(2)6-4-8-5-7(6)10-3;3-2(4,5)1(6)7/h6-8H,4-5H2,1-3H3;(H,6,7)/t6-,7-;/m1./s1. The van der Waals surface area contributed by atoms with Crippen LogP contribution in [0.25, 0.3) is 0 Å². The number of ether oxygens (including phenoxy) is 1. The number of hydrogen-bond donors (Lipinski definition) is 1. The number of hydrogen-bond acceptors (Lipinski definition) is 4. The van der Waals surface area contributed by atoms with Gasteiger partial charge in [0.25, 0.3) is 0 Å². The van der Waals surface area contributed by atoms with Crippen molar-refractivity contribution < 1.29 is 33.1 Å². The Hall–Kier alpha value is -0.860. The summed E-state index contributed by atoms with van der Waals surface area (Å²) < 4.78 is 36.9. The molecule has 1 rings (SSSR count). The number of carbonyl (C=O) groups excluding carboxylic acids is 1. The molecule has 17 heavy (non-hydrogen) atoms. The number of nitrogens with zero attached hydrogens (tertiary/aromatic N) is 1. The highest BCUT2D eigenvalue weighted by Crippen LogP contribution is 2.11. The van der Waals surface area contributed by atoms with Gasteiger partial charge in [-0.3, -0.25) is 4.90 Å². The molecule has 2 N–H and O–H groups in total. The molecule has 0 bridgehead atoms. The van der Waals surface area contributed by atoms with Crippen LogP contribution in [0.4, 0.5) is 13.2 Å². The van der Waals surface area contributed by atoms with Crippen molar-refractivity contribution in [2.75, 3.05) is 34.3 Å². The molecule has 8 heteroatoms. The number of halogens is 3. The molecule has 1 heterocycles. The Labute approximate surface area is 97.5 Å². The summed E-state index contributed by atoms with van der Waals surface area (Å²) in [5, 5.41) is 11.1. The van der Waals surface area contributed by atoms with E-state index in [1.165, 1.54) is 6.54 Å². The van der Waals surface area contributed by atoms with Gasteiger partial charge in [-0.2, -0.15) is 13.2 Å². The lowest BCUT2D eigenvalue weighted by Gasteiger charge is -2.20. The molecule has 0 aliphatic carbocycles. The zero-order valence-corrected chi connectivity index (χ0v) is 9.95. The van der Waals surface area contributed by atoms with Gasteiger partial charge in [-0.25, -0.2) is 0 Å². The van der Waals surface area contributed by atoms with Crippen LogP contribution in [0.5, 0.6) is 0 Å². The van der Waals surface area contributed by atoms with Crippen molar-refractivity contribution in [3.8, 4) is 0 Å². The van der Waals surface area contributed by atoms with Crippen LogP contribution < -0.4 is 10.4 Å². The van der Waals surface area contributed by atoms with Gasteiger partial charge in [0, 0.05) is 7.11 Å². The second-order valence-corrected chi connectivity index (χ2v) is 3.85. The zero-order valence-electron chi connectivity index (χ0n) is 9.95. The molecule has 0 unspecified atom stereocenters. The predicted octanol–water partition coefficient (Wildman–Crippen LogP) is -2.19. The highest BCUT2D eigenvalue weighted by molar-refractivity contribution is 5.70. The fraction of sp³-hybridized carbons (Fsp3) is 0.889. The lowest BCUT2D eigenvalue weighted by atomic mass is 10.2. The monoisotopic (exact) mass is 258 g/mol. The molecule has 102 valence electrons. The highest BCUT2D eigenvalue weighted by atomic mass is 19.4. The molecule has 1 saturated heterocycles. The van der Waals surface area contributed by atoms with Crippen molar-refractivity contribution >= 4 is 5.97 Å². The van der Waals surface area contributed by atoms with Gasteiger partial charge in [0.1, 0.15) is 18.6 Å². The molecule has 0 aromatic carbocycles. The molecule has 0 saturated carbocycles. The summed E-state index contributed by atoms with van der Waals surface area (Å²) in [5.74, 6) is -3.01. The third-order valence-corrected chi connectivity index (χ3v) is 2.43. The number of likely N-dealkylation sites (N-methyl/N-ethyl adjacent to an activating group) is 1. The lowest BCUT2D eigenvalue weighted by molar-refractivity contribution is -0.639. The average molecular weight is 258 g/mol. The van der Waals surface area contributed by atoms with Gasteiger partial charge in [-0.05, 0) is 14.1 Å². The molecule has 0 amide bonds. The predicted molar refractivity (Wildman–Crippen MR) is 51.0 cm³/mol. The Morgan fingerprint density at radius 3 is 2.12 bits per heavy atom. The van der Waals surface area contributed by atoms with Crippen LogP contribution in [0.2, 0.25) is 0 Å². The maximum Gasteiger partial charge on any atom is 0.430 e. The van der Waals surface area contributed by atoms with E-state index in [-0.39, 0.29) is 0 Å². The van der Waals surface area contributed by atoms with Gasteiger partial charge < -0.3 is 20.0 Å². The van der Waals surface area contributed by atoms with E-state index in [4.69, 9.17) is 14.6 Å². The molecule has 0 radical (unpaired) electrons. The van der Waals surface area contributed by atoms with E-state index in [9.17, 15) is 13.2 Å². The van der Waals surface area contributed by atoms with Gasteiger partial charge in [0.05, 0.1) is 12.6 Å². The van der Waals surface area contributed by atoms with Crippen molar-refractivity contribution in [2.45, 2.75) is 18.3 Å². The second kappa shape index (κ2) is 6.77. The van der Waals surface area contributed by atoms with Crippen LogP contribution in [-0.4, -0.2) is 63.5 Å². The van der Waals surface area contributed by atoms with E-state index in [0.717, 1.165) is 6.54 Å². The van der Waals surface area contributed by atoms with Gasteiger partial charge in [-0.1, -0.05) is 0 Å². The fourth-order valence-electron chi connectivity index (χ4n) is 1.54. The Bertz CT molecular complexity index is 246. The van der Waals surface area contributed by atoms with Crippen LogP contribution in [0.1, 0.15) is 0 Å². The van der Waals surface area contributed by atoms with Crippen molar-refractivity contribution in [1.82, 2.24) is 4.90 Å². The van der Waals surface area contributed by atoms with Crippen molar-refractivity contribution in [2.24, 2.45) is 0 Å². The summed E-state index contributed by atoms with van der Waals surface area (Å²) in [5.41, 5.74) is 0. The third-order valence-electron chi connectivity index (χ3n) is 2.43. The first-order chi connectivity index (χ1) is 7.70. The minimum Gasteiger partial charge on any atom is -0.542 e. The van der Waals surface area contributed by atoms with Crippen LogP contribution in [0, 0.1) is 0 Å². The number of carbonyl (C=O) groups is 1. The number of carboxylic acids is 1. The number of rotatable bonds is 2. The number of quaternary nitrogens is 1. The number of alkyl halides is 3. The summed E-state index contributed by atoms with van der Waals surface area (Å²) in [4.78, 5) is 11.0. The Balaban J connectivity index is 0.000000325. The van der Waals surface area contributed by atoms with Crippen LogP contribution in [0.3, 0.4) is 0 Å². The van der Waals surface area contributed by atoms with E-state index >= 15 is 0 Å². The van der Waals surface area contributed by atoms with Crippen molar-refractivity contribution in [1.29, 1.82) is 0 Å². The van der Waals surface area contributed by atoms with Gasteiger partial charge >= 0.3 is 6.18 Å². The van der Waals surface area contributed by atoms with Crippen molar-refractivity contribution in [3.63, 3.8) is 0 Å². The van der Waals surface area contributed by atoms with Gasteiger partial charge in [0.2, 0.25) is 0 Å². The summed E-state index contributed by atoms with van der Waals surface area (Å²) in [7, 11) is 6.01. The molecular weight excluding hydrogens is 241 g/mol. The van der Waals surface area contributed by atoms with Crippen molar-refractivity contribution in [3.05, 3.63) is 0 Å². The SMILES string of the molecule is CO[C@@H]1C[NH2+]C[C@H]1N(C)C.O=C([O-])C(F)(F)F. The summed E-state index contributed by atoms with van der Waals surface area (Å²) in [6, 6.07) is 0.602. The first kappa shape index (κ1) is 16.1. The van der Waals surface area contributed by atoms with E-state index in [1.807, 2.05) is 0 Å². The molecular formula is C9H17F3N2O3. The van der Waals surface area contributed by atoms with Gasteiger partial charge in [0.15, 0.2) is 0 Å². The first-order valence-corrected chi connectivity index (χ1v) is 4.99. The van der Waals surface area contributed by atoms with E-state index in [0.29, 0.717) is 12.1 Å². The normalized spacial score (nSPS) is 24.4. The number of carboxylic acid groups (broad SMARTS) is 1.